The lowest BCUT2D eigenvalue weighted by atomic mass is 10.0. The topological polar surface area (TPSA) is 122 Å². The molecule has 0 aromatic rings. The molecule has 0 fully saturated rings. The maximum atomic E-state index is 12.0. The van der Waals surface area contributed by atoms with Gasteiger partial charge in [-0.15, -0.1) is 0 Å². The van der Waals surface area contributed by atoms with Gasteiger partial charge in [-0.2, -0.15) is 0 Å². The molecule has 0 radical (unpaired) electrons. The second-order valence-electron chi connectivity index (χ2n) is 5.78. The van der Waals surface area contributed by atoms with E-state index in [0.29, 0.717) is 6.42 Å². The normalized spacial score (nSPS) is 13.6. The second-order valence-corrected chi connectivity index (χ2v) is 5.78. The Hall–Kier alpha value is -1.63. The van der Waals surface area contributed by atoms with E-state index in [9.17, 15) is 14.4 Å². The summed E-state index contributed by atoms with van der Waals surface area (Å²) in [5.74, 6) is -2.10. The first-order valence-corrected chi connectivity index (χ1v) is 7.85. The fourth-order valence-corrected chi connectivity index (χ4v) is 2.11. The first kappa shape index (κ1) is 20.4. The molecule has 0 bridgehead atoms. The average molecular weight is 315 g/mol. The van der Waals surface area contributed by atoms with E-state index in [1.165, 1.54) is 0 Å². The molecule has 2 atom stereocenters. The van der Waals surface area contributed by atoms with Gasteiger partial charge >= 0.3 is 5.97 Å². The third kappa shape index (κ3) is 9.33. The third-order valence-corrected chi connectivity index (χ3v) is 3.22. The van der Waals surface area contributed by atoms with E-state index in [4.69, 9.17) is 10.8 Å². The molecule has 0 aliphatic rings. The number of rotatable bonds is 12. The minimum atomic E-state index is -1.11. The molecule has 2 unspecified atom stereocenters. The van der Waals surface area contributed by atoms with Gasteiger partial charge in [0.2, 0.25) is 11.8 Å². The molecule has 0 rings (SSSR count). The van der Waals surface area contributed by atoms with Crippen molar-refractivity contribution in [3.05, 3.63) is 0 Å². The Morgan fingerprint density at radius 3 is 2.18 bits per heavy atom. The fourth-order valence-electron chi connectivity index (χ4n) is 2.11. The summed E-state index contributed by atoms with van der Waals surface area (Å²) >= 11 is 0. The maximum absolute atomic E-state index is 12.0. The first-order valence-electron chi connectivity index (χ1n) is 7.85. The molecule has 7 heteroatoms. The number of nitrogens with one attached hydrogen (secondary N) is 2. The van der Waals surface area contributed by atoms with Crippen LogP contribution in [0.4, 0.5) is 0 Å². The Balaban J connectivity index is 4.70. The zero-order chi connectivity index (χ0) is 17.1. The highest BCUT2D eigenvalue weighted by Crippen LogP contribution is 2.07. The Kier molecular flexibility index (Phi) is 10.2. The summed E-state index contributed by atoms with van der Waals surface area (Å²) in [5.41, 5.74) is 5.35. The van der Waals surface area contributed by atoms with E-state index in [0.717, 1.165) is 25.7 Å². The highest BCUT2D eigenvalue weighted by Gasteiger charge is 2.27. The van der Waals surface area contributed by atoms with Crippen LogP contribution in [0.1, 0.15) is 59.3 Å². The third-order valence-electron chi connectivity index (χ3n) is 3.22. The van der Waals surface area contributed by atoms with Crippen LogP contribution < -0.4 is 16.4 Å². The zero-order valence-corrected chi connectivity index (χ0v) is 13.7. The van der Waals surface area contributed by atoms with Crippen LogP contribution in [0.15, 0.2) is 0 Å². The van der Waals surface area contributed by atoms with Crippen LogP contribution in [0, 0.1) is 0 Å². The van der Waals surface area contributed by atoms with Gasteiger partial charge < -0.3 is 16.2 Å². The molecule has 0 aliphatic carbocycles. The molecule has 2 amide bonds. The number of amides is 2. The molecule has 0 aliphatic heterocycles. The van der Waals surface area contributed by atoms with Crippen molar-refractivity contribution in [2.75, 3.05) is 0 Å². The van der Waals surface area contributed by atoms with Gasteiger partial charge in [-0.3, -0.25) is 19.7 Å². The number of hydrogen-bond donors (Lipinski definition) is 4. The Morgan fingerprint density at radius 1 is 1.09 bits per heavy atom. The molecule has 0 spiro atoms. The predicted molar refractivity (Wildman–Crippen MR) is 84.2 cm³/mol. The summed E-state index contributed by atoms with van der Waals surface area (Å²) in [7, 11) is 0. The van der Waals surface area contributed by atoms with Crippen molar-refractivity contribution >= 4 is 17.8 Å². The van der Waals surface area contributed by atoms with Gasteiger partial charge in [-0.25, -0.2) is 0 Å². The van der Waals surface area contributed by atoms with E-state index >= 15 is 0 Å². The highest BCUT2D eigenvalue weighted by atomic mass is 16.4. The molecular formula is C15H29N3O4. The predicted octanol–water partition coefficient (Wildman–Crippen LogP) is 0.768. The van der Waals surface area contributed by atoms with Gasteiger partial charge in [0.15, 0.2) is 0 Å². The van der Waals surface area contributed by atoms with Crippen molar-refractivity contribution in [2.45, 2.75) is 77.4 Å². The van der Waals surface area contributed by atoms with Gasteiger partial charge in [-0.05, 0) is 20.3 Å². The van der Waals surface area contributed by atoms with Gasteiger partial charge in [0.05, 0.1) is 18.5 Å². The molecule has 0 saturated heterocycles. The van der Waals surface area contributed by atoms with E-state index in [1.807, 2.05) is 0 Å². The average Bonchev–Trinajstić information content (AvgIpc) is 2.39. The summed E-state index contributed by atoms with van der Waals surface area (Å²) in [4.78, 5) is 34.5. The highest BCUT2D eigenvalue weighted by molar-refractivity contribution is 5.87. The summed E-state index contributed by atoms with van der Waals surface area (Å²) in [6.07, 6.45) is 4.03. The van der Waals surface area contributed by atoms with Crippen LogP contribution in [0.3, 0.4) is 0 Å². The van der Waals surface area contributed by atoms with Gasteiger partial charge in [0.25, 0.3) is 0 Å². The van der Waals surface area contributed by atoms with Crippen LogP contribution in [-0.2, 0) is 14.4 Å². The lowest BCUT2D eigenvalue weighted by Gasteiger charge is -2.23. The Labute approximate surface area is 132 Å². The minimum Gasteiger partial charge on any atom is -0.481 e. The number of unbranched alkanes of at least 4 members (excludes halogenated alkanes) is 3. The van der Waals surface area contributed by atoms with E-state index in [1.54, 1.807) is 13.8 Å². The number of carbonyl (C=O) groups excluding carboxylic acids is 2. The number of aliphatic carboxylic acids is 1. The van der Waals surface area contributed by atoms with Crippen molar-refractivity contribution in [2.24, 2.45) is 5.73 Å². The first-order chi connectivity index (χ1) is 10.3. The molecule has 0 aromatic carbocycles. The number of hydrogen-bond acceptors (Lipinski definition) is 4. The van der Waals surface area contributed by atoms with Gasteiger partial charge in [0.1, 0.15) is 0 Å². The van der Waals surface area contributed by atoms with E-state index < -0.39 is 36.3 Å². The van der Waals surface area contributed by atoms with Crippen LogP contribution in [-0.4, -0.2) is 41.0 Å². The van der Waals surface area contributed by atoms with Crippen molar-refractivity contribution in [3.8, 4) is 0 Å². The molecule has 5 N–H and O–H groups in total. The van der Waals surface area contributed by atoms with E-state index in [2.05, 4.69) is 17.6 Å². The Bertz CT molecular complexity index is 372. The number of carboxylic acid groups (broad SMARTS) is 1. The number of primary amides is 1. The molecule has 22 heavy (non-hydrogen) atoms. The molecule has 0 saturated carbocycles. The largest absolute Gasteiger partial charge is 0.481 e. The van der Waals surface area contributed by atoms with Gasteiger partial charge in [-0.1, -0.05) is 32.6 Å². The minimum absolute atomic E-state index is 0.109. The van der Waals surface area contributed by atoms with Crippen LogP contribution in [0.5, 0.6) is 0 Å². The van der Waals surface area contributed by atoms with Crippen molar-refractivity contribution in [1.29, 1.82) is 0 Å². The SMILES string of the molecule is CCCCCCC(NC(CC(=O)O)C(=O)NC(C)C)C(N)=O. The quantitative estimate of drug-likeness (QED) is 0.396. The second kappa shape index (κ2) is 11.0. The lowest BCUT2D eigenvalue weighted by Crippen LogP contribution is -2.54. The van der Waals surface area contributed by atoms with E-state index in [-0.39, 0.29) is 6.04 Å². The molecule has 7 nitrogen and oxygen atoms in total. The summed E-state index contributed by atoms with van der Waals surface area (Å²) in [6, 6.07) is -1.77. The monoisotopic (exact) mass is 315 g/mol. The number of carboxylic acids is 1. The molecular weight excluding hydrogens is 286 g/mol. The van der Waals surface area contributed by atoms with Crippen LogP contribution in [0.25, 0.3) is 0 Å². The Morgan fingerprint density at radius 2 is 1.73 bits per heavy atom. The molecule has 0 heterocycles. The molecule has 128 valence electrons. The number of carbonyl (C=O) groups is 3. The lowest BCUT2D eigenvalue weighted by molar-refractivity contribution is -0.140. The van der Waals surface area contributed by atoms with Crippen LogP contribution >= 0.6 is 0 Å². The van der Waals surface area contributed by atoms with Crippen molar-refractivity contribution in [3.63, 3.8) is 0 Å². The zero-order valence-electron chi connectivity index (χ0n) is 13.7. The van der Waals surface area contributed by atoms with Crippen LogP contribution in [0.2, 0.25) is 0 Å². The van der Waals surface area contributed by atoms with Crippen molar-refractivity contribution in [1.82, 2.24) is 10.6 Å². The summed E-state index contributed by atoms with van der Waals surface area (Å²) in [5, 5.41) is 14.4. The standard InChI is InChI=1S/C15H29N3O4/c1-4-5-6-7-8-11(14(16)21)18-12(9-13(19)20)15(22)17-10(2)3/h10-12,18H,4-9H2,1-3H3,(H2,16,21)(H,17,22)(H,19,20). The molecule has 0 aromatic heterocycles. The number of nitrogens with two attached hydrogens (primary N) is 1. The summed E-state index contributed by atoms with van der Waals surface area (Å²) < 4.78 is 0. The maximum Gasteiger partial charge on any atom is 0.305 e. The smallest absolute Gasteiger partial charge is 0.305 e. The summed E-state index contributed by atoms with van der Waals surface area (Å²) in [6.45, 7) is 5.65. The van der Waals surface area contributed by atoms with Gasteiger partial charge in [0, 0.05) is 6.04 Å². The fraction of sp³-hybridized carbons (Fsp3) is 0.800. The van der Waals surface area contributed by atoms with Crippen molar-refractivity contribution < 1.29 is 19.5 Å².